The van der Waals surface area contributed by atoms with E-state index < -0.39 is 0 Å². The Bertz CT molecular complexity index is 263. The van der Waals surface area contributed by atoms with Crippen LogP contribution in [0.1, 0.15) is 19.3 Å². The summed E-state index contributed by atoms with van der Waals surface area (Å²) < 4.78 is 0. The van der Waals surface area contributed by atoms with Crippen LogP contribution in [0, 0.1) is 0 Å². The lowest BCUT2D eigenvalue weighted by Crippen LogP contribution is -2.35. The van der Waals surface area contributed by atoms with Gasteiger partial charge in [0.15, 0.2) is 0 Å². The number of urea groups is 1. The van der Waals surface area contributed by atoms with Gasteiger partial charge in [-0.15, -0.1) is 0 Å². The van der Waals surface area contributed by atoms with Crippen molar-refractivity contribution >= 4 is 11.9 Å². The molecule has 0 aromatic rings. The maximum atomic E-state index is 11.7. The number of imide groups is 1. The first-order valence-electron chi connectivity index (χ1n) is 5.05. The van der Waals surface area contributed by atoms with Crippen molar-refractivity contribution in [3.8, 4) is 0 Å². The molecule has 3 amide bonds. The lowest BCUT2D eigenvalue weighted by molar-refractivity contribution is -0.125. The number of hydrogen-bond donors (Lipinski definition) is 1. The van der Waals surface area contributed by atoms with Gasteiger partial charge in [0, 0.05) is 12.6 Å². The Morgan fingerprint density at radius 3 is 2.64 bits per heavy atom. The summed E-state index contributed by atoms with van der Waals surface area (Å²) in [7, 11) is 0. The van der Waals surface area contributed by atoms with Crippen LogP contribution in [0.15, 0.2) is 0 Å². The molecule has 1 aliphatic carbocycles. The van der Waals surface area contributed by atoms with Crippen LogP contribution >= 0.6 is 0 Å². The number of hydrogen-bond acceptors (Lipinski definition) is 3. The molecule has 1 heterocycles. The first-order valence-corrected chi connectivity index (χ1v) is 5.05. The van der Waals surface area contributed by atoms with Crippen molar-refractivity contribution in [3.05, 3.63) is 0 Å². The molecule has 5 heteroatoms. The fourth-order valence-corrected chi connectivity index (χ4v) is 1.70. The van der Waals surface area contributed by atoms with Crippen LogP contribution in [0.4, 0.5) is 4.79 Å². The summed E-state index contributed by atoms with van der Waals surface area (Å²) >= 11 is 0. The van der Waals surface area contributed by atoms with Gasteiger partial charge in [-0.25, -0.2) is 4.79 Å². The van der Waals surface area contributed by atoms with Crippen molar-refractivity contribution in [2.75, 3.05) is 19.6 Å². The molecular formula is C9H15N3O2. The largest absolute Gasteiger partial charge is 0.330 e. The minimum Gasteiger partial charge on any atom is -0.330 e. The lowest BCUT2D eigenvalue weighted by Gasteiger charge is -2.15. The smallest absolute Gasteiger partial charge is 0.327 e. The minimum absolute atomic E-state index is 0.0737. The molecule has 2 N–H and O–H groups in total. The number of carbonyl (C=O) groups excluding carboxylic acids is 2. The van der Waals surface area contributed by atoms with Crippen molar-refractivity contribution in [1.29, 1.82) is 0 Å². The molecule has 2 rings (SSSR count). The topological polar surface area (TPSA) is 66.6 Å². The third-order valence-corrected chi connectivity index (χ3v) is 2.66. The van der Waals surface area contributed by atoms with Crippen molar-refractivity contribution in [2.24, 2.45) is 5.73 Å². The molecule has 1 saturated heterocycles. The fraction of sp³-hybridized carbons (Fsp3) is 0.778. The molecule has 1 saturated carbocycles. The van der Waals surface area contributed by atoms with E-state index in [0.717, 1.165) is 12.8 Å². The highest BCUT2D eigenvalue weighted by molar-refractivity contribution is 6.02. The third kappa shape index (κ3) is 1.59. The molecule has 0 radical (unpaired) electrons. The molecule has 0 atom stereocenters. The van der Waals surface area contributed by atoms with E-state index in [1.54, 1.807) is 4.90 Å². The summed E-state index contributed by atoms with van der Waals surface area (Å²) in [6.45, 7) is 1.26. The monoisotopic (exact) mass is 197 g/mol. The third-order valence-electron chi connectivity index (χ3n) is 2.66. The van der Waals surface area contributed by atoms with Crippen molar-refractivity contribution < 1.29 is 9.59 Å². The Hall–Kier alpha value is -1.10. The molecule has 5 nitrogen and oxygen atoms in total. The lowest BCUT2D eigenvalue weighted by atomic mass is 10.4. The highest BCUT2D eigenvalue weighted by atomic mass is 16.2. The fourth-order valence-electron chi connectivity index (χ4n) is 1.70. The zero-order chi connectivity index (χ0) is 10.1. The summed E-state index contributed by atoms with van der Waals surface area (Å²) in [5.74, 6) is -0.0737. The predicted molar refractivity (Wildman–Crippen MR) is 50.5 cm³/mol. The molecule has 14 heavy (non-hydrogen) atoms. The maximum absolute atomic E-state index is 11.7. The van der Waals surface area contributed by atoms with Crippen LogP contribution in [-0.2, 0) is 4.79 Å². The second-order valence-electron chi connectivity index (χ2n) is 3.83. The summed E-state index contributed by atoms with van der Waals surface area (Å²) in [6.07, 6.45) is 2.78. The van der Waals surface area contributed by atoms with E-state index in [1.165, 1.54) is 4.90 Å². The number of carbonyl (C=O) groups is 2. The van der Waals surface area contributed by atoms with Crippen LogP contribution in [0.2, 0.25) is 0 Å². The van der Waals surface area contributed by atoms with Crippen LogP contribution in [0.3, 0.4) is 0 Å². The van der Waals surface area contributed by atoms with Gasteiger partial charge < -0.3 is 10.6 Å². The molecule has 0 unspecified atom stereocenters. The van der Waals surface area contributed by atoms with E-state index in [-0.39, 0.29) is 18.5 Å². The van der Waals surface area contributed by atoms with Crippen LogP contribution in [0.5, 0.6) is 0 Å². The Morgan fingerprint density at radius 1 is 1.36 bits per heavy atom. The van der Waals surface area contributed by atoms with Crippen molar-refractivity contribution in [1.82, 2.24) is 9.80 Å². The number of nitrogens with two attached hydrogens (primary N) is 1. The van der Waals surface area contributed by atoms with Gasteiger partial charge in [-0.2, -0.15) is 0 Å². The number of rotatable bonds is 4. The van der Waals surface area contributed by atoms with E-state index >= 15 is 0 Å². The SMILES string of the molecule is NCCCN1C(=O)CN(C2CC2)C1=O. The van der Waals surface area contributed by atoms with E-state index in [0.29, 0.717) is 25.6 Å². The number of amides is 3. The Morgan fingerprint density at radius 2 is 2.07 bits per heavy atom. The molecule has 0 aromatic carbocycles. The molecule has 1 aliphatic heterocycles. The quantitative estimate of drug-likeness (QED) is 0.633. The first kappa shape index (κ1) is 9.45. The standard InChI is InChI=1S/C9H15N3O2/c10-4-1-5-11-8(13)6-12(9(11)14)7-2-3-7/h7H,1-6,10H2. The number of nitrogens with zero attached hydrogens (tertiary/aromatic N) is 2. The van der Waals surface area contributed by atoms with Gasteiger partial charge in [0.05, 0.1) is 0 Å². The maximum Gasteiger partial charge on any atom is 0.327 e. The van der Waals surface area contributed by atoms with Gasteiger partial charge in [0.1, 0.15) is 6.54 Å². The minimum atomic E-state index is -0.119. The Labute approximate surface area is 82.8 Å². The predicted octanol–water partition coefficient (Wildman–Crippen LogP) is -0.238. The van der Waals surface area contributed by atoms with Crippen LogP contribution in [0.25, 0.3) is 0 Å². The van der Waals surface area contributed by atoms with Crippen molar-refractivity contribution in [2.45, 2.75) is 25.3 Å². The molecule has 2 fully saturated rings. The molecule has 78 valence electrons. The van der Waals surface area contributed by atoms with Crippen LogP contribution in [-0.4, -0.2) is 47.4 Å². The molecule has 0 aromatic heterocycles. The summed E-state index contributed by atoms with van der Waals surface area (Å²) in [5.41, 5.74) is 5.34. The Balaban J connectivity index is 1.96. The Kier molecular flexibility index (Phi) is 2.41. The second kappa shape index (κ2) is 3.57. The normalized spacial score (nSPS) is 22.4. The summed E-state index contributed by atoms with van der Waals surface area (Å²) in [4.78, 5) is 26.2. The second-order valence-corrected chi connectivity index (χ2v) is 3.83. The molecule has 2 aliphatic rings. The average Bonchev–Trinajstić information content (AvgIpc) is 2.94. The first-order chi connectivity index (χ1) is 6.74. The van der Waals surface area contributed by atoms with Gasteiger partial charge >= 0.3 is 6.03 Å². The zero-order valence-corrected chi connectivity index (χ0v) is 8.11. The van der Waals surface area contributed by atoms with Crippen LogP contribution < -0.4 is 5.73 Å². The summed E-state index contributed by atoms with van der Waals surface area (Å²) in [5, 5.41) is 0. The molecule has 0 bridgehead atoms. The van der Waals surface area contributed by atoms with Gasteiger partial charge in [-0.05, 0) is 25.8 Å². The van der Waals surface area contributed by atoms with Gasteiger partial charge in [-0.3, -0.25) is 9.69 Å². The van der Waals surface area contributed by atoms with Gasteiger partial charge in [0.2, 0.25) is 5.91 Å². The van der Waals surface area contributed by atoms with E-state index in [1.807, 2.05) is 0 Å². The van der Waals surface area contributed by atoms with E-state index in [9.17, 15) is 9.59 Å². The average molecular weight is 197 g/mol. The zero-order valence-electron chi connectivity index (χ0n) is 8.11. The van der Waals surface area contributed by atoms with Gasteiger partial charge in [0.25, 0.3) is 0 Å². The molecular weight excluding hydrogens is 182 g/mol. The van der Waals surface area contributed by atoms with E-state index in [4.69, 9.17) is 5.73 Å². The highest BCUT2D eigenvalue weighted by Crippen LogP contribution is 2.30. The highest BCUT2D eigenvalue weighted by Gasteiger charge is 2.43. The van der Waals surface area contributed by atoms with Crippen molar-refractivity contribution in [3.63, 3.8) is 0 Å². The van der Waals surface area contributed by atoms with E-state index in [2.05, 4.69) is 0 Å². The molecule has 0 spiro atoms. The van der Waals surface area contributed by atoms with Gasteiger partial charge in [-0.1, -0.05) is 0 Å². The summed E-state index contributed by atoms with van der Waals surface area (Å²) in [6, 6.07) is 0.209.